The average Bonchev–Trinajstić information content (AvgIpc) is 3.19. The van der Waals surface area contributed by atoms with Gasteiger partial charge in [0.05, 0.1) is 17.7 Å². The number of benzene rings is 1. The summed E-state index contributed by atoms with van der Waals surface area (Å²) in [6, 6.07) is 7.53. The molecule has 0 atom stereocenters. The molecule has 8 nitrogen and oxygen atoms in total. The minimum absolute atomic E-state index is 0.0496. The third-order valence-electron chi connectivity index (χ3n) is 5.56. The lowest BCUT2D eigenvalue weighted by molar-refractivity contribution is -0.131. The highest BCUT2D eigenvalue weighted by molar-refractivity contribution is 6.34. The van der Waals surface area contributed by atoms with Gasteiger partial charge in [-0.2, -0.15) is 0 Å². The van der Waals surface area contributed by atoms with Crippen molar-refractivity contribution < 1.29 is 14.4 Å². The maximum absolute atomic E-state index is 12.8. The smallest absolute Gasteiger partial charge is 0.256 e. The fourth-order valence-corrected chi connectivity index (χ4v) is 3.96. The number of carbonyl (C=O) groups is 3. The molecule has 8 heteroatoms. The molecule has 0 bridgehead atoms. The van der Waals surface area contributed by atoms with Crippen LogP contribution in [0.3, 0.4) is 0 Å². The van der Waals surface area contributed by atoms with Crippen molar-refractivity contribution in [3.8, 4) is 0 Å². The molecule has 4 rings (SSSR count). The Bertz CT molecular complexity index is 1050. The van der Waals surface area contributed by atoms with Crippen molar-refractivity contribution >= 4 is 35.1 Å². The molecule has 0 aliphatic carbocycles. The minimum atomic E-state index is -0.190. The molecule has 1 fully saturated rings. The summed E-state index contributed by atoms with van der Waals surface area (Å²) in [7, 11) is 0. The van der Waals surface area contributed by atoms with E-state index in [1.165, 1.54) is 0 Å². The van der Waals surface area contributed by atoms with Crippen LogP contribution in [0.15, 0.2) is 24.3 Å². The van der Waals surface area contributed by atoms with Crippen molar-refractivity contribution in [2.75, 3.05) is 38.0 Å². The van der Waals surface area contributed by atoms with Crippen molar-refractivity contribution in [3.63, 3.8) is 0 Å². The van der Waals surface area contributed by atoms with Crippen LogP contribution in [-0.4, -0.2) is 60.3 Å². The Labute approximate surface area is 174 Å². The molecule has 0 saturated carbocycles. The molecule has 3 heterocycles. The molecule has 0 radical (unpaired) electrons. The quantitative estimate of drug-likeness (QED) is 0.560. The van der Waals surface area contributed by atoms with Gasteiger partial charge in [0.15, 0.2) is 0 Å². The van der Waals surface area contributed by atoms with Gasteiger partial charge in [-0.1, -0.05) is 18.2 Å². The molecule has 1 aromatic heterocycles. The molecule has 30 heavy (non-hydrogen) atoms. The van der Waals surface area contributed by atoms with Crippen LogP contribution in [0, 0.1) is 13.8 Å². The van der Waals surface area contributed by atoms with Crippen molar-refractivity contribution in [1.82, 2.24) is 20.5 Å². The van der Waals surface area contributed by atoms with Crippen LogP contribution in [0.5, 0.6) is 0 Å². The first-order valence-electron chi connectivity index (χ1n) is 10.0. The second kappa shape index (κ2) is 8.16. The molecule has 2 aromatic rings. The third-order valence-corrected chi connectivity index (χ3v) is 5.56. The van der Waals surface area contributed by atoms with Gasteiger partial charge in [0.25, 0.3) is 11.8 Å². The summed E-state index contributed by atoms with van der Waals surface area (Å²) in [6.07, 6.45) is 1.79. The number of hydrogen-bond donors (Lipinski definition) is 4. The Morgan fingerprint density at radius 1 is 1.23 bits per heavy atom. The van der Waals surface area contributed by atoms with Crippen molar-refractivity contribution in [1.29, 1.82) is 0 Å². The van der Waals surface area contributed by atoms with Crippen molar-refractivity contribution in [2.45, 2.75) is 13.8 Å². The van der Waals surface area contributed by atoms with Gasteiger partial charge in [-0.05, 0) is 31.6 Å². The Balaban J connectivity index is 1.49. The summed E-state index contributed by atoms with van der Waals surface area (Å²) in [5, 5.41) is 8.79. The molecular weight excluding hydrogens is 382 g/mol. The molecule has 3 amide bonds. The number of H-pyrrole nitrogens is 1. The fraction of sp³-hybridized carbons (Fsp3) is 0.318. The Kier molecular flexibility index (Phi) is 5.41. The van der Waals surface area contributed by atoms with Gasteiger partial charge in [0.2, 0.25) is 5.91 Å². The zero-order valence-corrected chi connectivity index (χ0v) is 17.1. The van der Waals surface area contributed by atoms with Gasteiger partial charge >= 0.3 is 0 Å². The lowest BCUT2D eigenvalue weighted by atomic mass is 10.0. The summed E-state index contributed by atoms with van der Waals surface area (Å²) in [5.74, 6) is -0.298. The SMILES string of the molecule is Cc1[nH]c(/C=C2\C(=O)Nc3ccccc32)c(C)c1C(=O)NCCN1CCNCC1=O. The Hall–Kier alpha value is -3.39. The maximum Gasteiger partial charge on any atom is 0.256 e. The number of amides is 3. The van der Waals surface area contributed by atoms with Crippen LogP contribution in [0.25, 0.3) is 11.6 Å². The van der Waals surface area contributed by atoms with Gasteiger partial charge in [0, 0.05) is 48.8 Å². The van der Waals surface area contributed by atoms with Gasteiger partial charge in [-0.15, -0.1) is 0 Å². The second-order valence-corrected chi connectivity index (χ2v) is 7.53. The molecule has 2 aliphatic rings. The minimum Gasteiger partial charge on any atom is -0.358 e. The van der Waals surface area contributed by atoms with Crippen LogP contribution in [0.4, 0.5) is 5.69 Å². The number of aryl methyl sites for hydroxylation is 1. The van der Waals surface area contributed by atoms with Crippen LogP contribution >= 0.6 is 0 Å². The molecule has 0 spiro atoms. The molecule has 2 aliphatic heterocycles. The predicted octanol–water partition coefficient (Wildman–Crippen LogP) is 1.29. The molecule has 1 aromatic carbocycles. The van der Waals surface area contributed by atoms with E-state index < -0.39 is 0 Å². The summed E-state index contributed by atoms with van der Waals surface area (Å²) < 4.78 is 0. The van der Waals surface area contributed by atoms with Gasteiger partial charge < -0.3 is 25.8 Å². The maximum atomic E-state index is 12.8. The normalized spacial score (nSPS) is 17.3. The van der Waals surface area contributed by atoms with Gasteiger partial charge in [-0.25, -0.2) is 0 Å². The molecule has 0 unspecified atom stereocenters. The first-order chi connectivity index (χ1) is 14.5. The number of aromatic nitrogens is 1. The molecule has 156 valence electrons. The van der Waals surface area contributed by atoms with Crippen LogP contribution in [-0.2, 0) is 9.59 Å². The zero-order valence-electron chi connectivity index (χ0n) is 17.1. The standard InChI is InChI=1S/C22H25N5O3/c1-13-18(11-16-15-5-3-4-6-17(15)26-21(16)29)25-14(2)20(13)22(30)24-8-10-27-9-7-23-12-19(27)28/h3-6,11,23,25H,7-10,12H2,1-2H3,(H,24,30)(H,26,29)/b16-11-. The highest BCUT2D eigenvalue weighted by Crippen LogP contribution is 2.33. The van der Waals surface area contributed by atoms with E-state index in [2.05, 4.69) is 20.9 Å². The van der Waals surface area contributed by atoms with Crippen LogP contribution in [0.1, 0.15) is 32.9 Å². The highest BCUT2D eigenvalue weighted by Gasteiger charge is 2.25. The number of hydrogen-bond acceptors (Lipinski definition) is 4. The number of fused-ring (bicyclic) bond motifs is 1. The van der Waals surface area contributed by atoms with Crippen molar-refractivity contribution in [2.24, 2.45) is 0 Å². The number of para-hydroxylation sites is 1. The van der Waals surface area contributed by atoms with E-state index in [1.54, 1.807) is 11.0 Å². The lowest BCUT2D eigenvalue weighted by Crippen LogP contribution is -2.50. The van der Waals surface area contributed by atoms with Crippen molar-refractivity contribution in [3.05, 3.63) is 52.3 Å². The topological polar surface area (TPSA) is 106 Å². The summed E-state index contributed by atoms with van der Waals surface area (Å²) in [4.78, 5) is 42.0. The third kappa shape index (κ3) is 3.73. The predicted molar refractivity (Wildman–Crippen MR) is 115 cm³/mol. The average molecular weight is 407 g/mol. The number of nitrogens with one attached hydrogen (secondary N) is 4. The number of piperazine rings is 1. The van der Waals surface area contributed by atoms with E-state index in [1.807, 2.05) is 38.1 Å². The Morgan fingerprint density at radius 3 is 2.83 bits per heavy atom. The van der Waals surface area contributed by atoms with Crippen LogP contribution < -0.4 is 16.0 Å². The van der Waals surface area contributed by atoms with E-state index >= 15 is 0 Å². The monoisotopic (exact) mass is 407 g/mol. The first kappa shape index (κ1) is 19.9. The summed E-state index contributed by atoms with van der Waals surface area (Å²) in [5.41, 5.74) is 5.03. The number of aromatic amines is 1. The molecular formula is C22H25N5O3. The summed E-state index contributed by atoms with van der Waals surface area (Å²) >= 11 is 0. The molecule has 1 saturated heterocycles. The van der Waals surface area contributed by atoms with Gasteiger partial charge in [0.1, 0.15) is 0 Å². The number of nitrogens with zero attached hydrogens (tertiary/aromatic N) is 1. The number of rotatable bonds is 5. The van der Waals surface area contributed by atoms with Crippen LogP contribution in [0.2, 0.25) is 0 Å². The van der Waals surface area contributed by atoms with E-state index in [-0.39, 0.29) is 17.7 Å². The Morgan fingerprint density at radius 2 is 2.03 bits per heavy atom. The number of carbonyl (C=O) groups excluding carboxylic acids is 3. The van der Waals surface area contributed by atoms with E-state index in [4.69, 9.17) is 0 Å². The lowest BCUT2D eigenvalue weighted by Gasteiger charge is -2.27. The first-order valence-corrected chi connectivity index (χ1v) is 10.0. The van der Waals surface area contributed by atoms with E-state index in [9.17, 15) is 14.4 Å². The van der Waals surface area contributed by atoms with Gasteiger partial charge in [-0.3, -0.25) is 14.4 Å². The highest BCUT2D eigenvalue weighted by atomic mass is 16.2. The zero-order chi connectivity index (χ0) is 21.3. The molecule has 4 N–H and O–H groups in total. The number of anilines is 1. The van der Waals surface area contributed by atoms with E-state index in [0.717, 1.165) is 34.7 Å². The van der Waals surface area contributed by atoms with E-state index in [0.29, 0.717) is 37.3 Å². The largest absolute Gasteiger partial charge is 0.358 e. The summed E-state index contributed by atoms with van der Waals surface area (Å²) in [6.45, 7) is 6.35. The fourth-order valence-electron chi connectivity index (χ4n) is 3.96. The second-order valence-electron chi connectivity index (χ2n) is 7.53.